The van der Waals surface area contributed by atoms with Gasteiger partial charge < -0.3 is 15.1 Å². The molecule has 3 amide bonds. The van der Waals surface area contributed by atoms with Gasteiger partial charge in [0.2, 0.25) is 0 Å². The van der Waals surface area contributed by atoms with Gasteiger partial charge in [0.15, 0.2) is 0 Å². The second-order valence-electron chi connectivity index (χ2n) is 8.84. The number of pyridine rings is 1. The van der Waals surface area contributed by atoms with Crippen LogP contribution in [0.3, 0.4) is 0 Å². The van der Waals surface area contributed by atoms with Crippen molar-refractivity contribution in [3.63, 3.8) is 0 Å². The van der Waals surface area contributed by atoms with Crippen molar-refractivity contribution in [3.05, 3.63) is 95.0 Å². The van der Waals surface area contributed by atoms with Crippen molar-refractivity contribution in [2.45, 2.75) is 6.18 Å². The fraction of sp³-hybridized carbons (Fsp3) is 0.179. The molecule has 1 aliphatic rings. The topological polar surface area (TPSA) is 65.5 Å². The standard InChI is InChI=1S/C28H22ClF3N4O2/c29-23-8-4-7-21-22(17-24(34-25(21)23)18-5-2-1-3-6-18)26(37)35-13-15-36(16-14-35)27(38)33-20-11-9-19(10-12-20)28(30,31)32/h1-12,17H,13-16H2,(H,33,38). The number of halogens is 4. The summed E-state index contributed by atoms with van der Waals surface area (Å²) in [6, 6.07) is 20.4. The smallest absolute Gasteiger partial charge is 0.335 e. The lowest BCUT2D eigenvalue weighted by molar-refractivity contribution is -0.137. The molecule has 0 unspecified atom stereocenters. The van der Waals surface area contributed by atoms with Gasteiger partial charge in [0, 0.05) is 42.8 Å². The third-order valence-electron chi connectivity index (χ3n) is 6.41. The molecule has 38 heavy (non-hydrogen) atoms. The Kier molecular flexibility index (Phi) is 6.94. The summed E-state index contributed by atoms with van der Waals surface area (Å²) >= 11 is 6.44. The van der Waals surface area contributed by atoms with Crippen molar-refractivity contribution < 1.29 is 22.8 Å². The lowest BCUT2D eigenvalue weighted by Crippen LogP contribution is -2.51. The minimum absolute atomic E-state index is 0.195. The number of para-hydroxylation sites is 1. The number of anilines is 1. The zero-order valence-corrected chi connectivity index (χ0v) is 20.8. The predicted octanol–water partition coefficient (Wildman–Crippen LogP) is 6.56. The van der Waals surface area contributed by atoms with Gasteiger partial charge in [0.1, 0.15) is 0 Å². The number of hydrogen-bond donors (Lipinski definition) is 1. The zero-order chi connectivity index (χ0) is 26.9. The van der Waals surface area contributed by atoms with Gasteiger partial charge in [0.05, 0.1) is 27.4 Å². The summed E-state index contributed by atoms with van der Waals surface area (Å²) in [6.07, 6.45) is -4.45. The molecule has 0 radical (unpaired) electrons. The first-order valence-electron chi connectivity index (χ1n) is 11.9. The molecule has 0 bridgehead atoms. The molecule has 3 aromatic carbocycles. The van der Waals surface area contributed by atoms with Crippen LogP contribution < -0.4 is 5.32 Å². The highest BCUT2D eigenvalue weighted by Crippen LogP contribution is 2.31. The summed E-state index contributed by atoms with van der Waals surface area (Å²) in [5.41, 5.74) is 1.96. The number of nitrogens with zero attached hydrogens (tertiary/aromatic N) is 3. The van der Waals surface area contributed by atoms with Gasteiger partial charge in [-0.1, -0.05) is 54.1 Å². The minimum Gasteiger partial charge on any atom is -0.335 e. The zero-order valence-electron chi connectivity index (χ0n) is 20.0. The monoisotopic (exact) mass is 538 g/mol. The van der Waals surface area contributed by atoms with Crippen LogP contribution >= 0.6 is 11.6 Å². The number of nitrogens with one attached hydrogen (secondary N) is 1. The van der Waals surface area contributed by atoms with Gasteiger partial charge in [0.25, 0.3) is 5.91 Å². The predicted molar refractivity (Wildman–Crippen MR) is 140 cm³/mol. The second kappa shape index (κ2) is 10.3. The van der Waals surface area contributed by atoms with Gasteiger partial charge in [-0.2, -0.15) is 13.2 Å². The van der Waals surface area contributed by atoms with E-state index in [1.807, 2.05) is 36.4 Å². The van der Waals surface area contributed by atoms with E-state index in [9.17, 15) is 22.8 Å². The summed E-state index contributed by atoms with van der Waals surface area (Å²) in [6.45, 7) is 1.13. The maximum absolute atomic E-state index is 13.6. The lowest BCUT2D eigenvalue weighted by Gasteiger charge is -2.35. The van der Waals surface area contributed by atoms with Crippen LogP contribution in [-0.2, 0) is 6.18 Å². The van der Waals surface area contributed by atoms with E-state index in [4.69, 9.17) is 16.6 Å². The van der Waals surface area contributed by atoms with Crippen molar-refractivity contribution in [2.24, 2.45) is 0 Å². The molecule has 0 saturated carbocycles. The third kappa shape index (κ3) is 5.28. The quantitative estimate of drug-likeness (QED) is 0.321. The highest BCUT2D eigenvalue weighted by atomic mass is 35.5. The molecule has 1 aromatic heterocycles. The Bertz CT molecular complexity index is 1490. The van der Waals surface area contributed by atoms with Crippen LogP contribution in [0.15, 0.2) is 78.9 Å². The first-order chi connectivity index (χ1) is 18.2. The number of rotatable bonds is 3. The summed E-state index contributed by atoms with van der Waals surface area (Å²) in [5.74, 6) is -0.195. The number of amides is 3. The number of carbonyl (C=O) groups excluding carboxylic acids is 2. The largest absolute Gasteiger partial charge is 0.416 e. The molecule has 0 spiro atoms. The first kappa shape index (κ1) is 25.5. The molecule has 194 valence electrons. The second-order valence-corrected chi connectivity index (χ2v) is 9.25. The normalized spacial score (nSPS) is 14.0. The number of aromatic nitrogens is 1. The van der Waals surface area contributed by atoms with E-state index in [0.29, 0.717) is 40.3 Å². The molecule has 6 nitrogen and oxygen atoms in total. The van der Waals surface area contributed by atoms with Crippen molar-refractivity contribution in [2.75, 3.05) is 31.5 Å². The molecule has 1 fully saturated rings. The van der Waals surface area contributed by atoms with Crippen molar-refractivity contribution >= 4 is 40.1 Å². The van der Waals surface area contributed by atoms with Crippen LogP contribution in [0.5, 0.6) is 0 Å². The van der Waals surface area contributed by atoms with Gasteiger partial charge in [-0.15, -0.1) is 0 Å². The maximum atomic E-state index is 13.6. The molecular weight excluding hydrogens is 517 g/mol. The summed E-state index contributed by atoms with van der Waals surface area (Å²) in [7, 11) is 0. The number of fused-ring (bicyclic) bond motifs is 1. The summed E-state index contributed by atoms with van der Waals surface area (Å²) < 4.78 is 38.3. The van der Waals surface area contributed by atoms with Crippen molar-refractivity contribution in [1.82, 2.24) is 14.8 Å². The Hall–Kier alpha value is -4.11. The molecule has 0 aliphatic carbocycles. The highest BCUT2D eigenvalue weighted by Gasteiger charge is 2.30. The Balaban J connectivity index is 1.31. The van der Waals surface area contributed by atoms with E-state index in [2.05, 4.69) is 5.32 Å². The van der Waals surface area contributed by atoms with Gasteiger partial charge in [-0.05, 0) is 36.4 Å². The number of hydrogen-bond acceptors (Lipinski definition) is 3. The molecule has 1 N–H and O–H groups in total. The van der Waals surface area contributed by atoms with Crippen LogP contribution in [0.4, 0.5) is 23.7 Å². The maximum Gasteiger partial charge on any atom is 0.416 e. The average molecular weight is 539 g/mol. The van der Waals surface area contributed by atoms with E-state index in [1.54, 1.807) is 23.1 Å². The lowest BCUT2D eigenvalue weighted by atomic mass is 10.0. The molecule has 1 aliphatic heterocycles. The molecule has 0 atom stereocenters. The van der Waals surface area contributed by atoms with Crippen LogP contribution in [0.25, 0.3) is 22.2 Å². The minimum atomic E-state index is -4.45. The van der Waals surface area contributed by atoms with E-state index < -0.39 is 17.8 Å². The highest BCUT2D eigenvalue weighted by molar-refractivity contribution is 6.35. The van der Waals surface area contributed by atoms with E-state index in [0.717, 1.165) is 17.7 Å². The summed E-state index contributed by atoms with van der Waals surface area (Å²) in [4.78, 5) is 34.2. The Labute approximate surface area is 221 Å². The van der Waals surface area contributed by atoms with E-state index >= 15 is 0 Å². The van der Waals surface area contributed by atoms with Crippen LogP contribution in [-0.4, -0.2) is 52.9 Å². The van der Waals surface area contributed by atoms with Crippen molar-refractivity contribution in [1.29, 1.82) is 0 Å². The Morgan fingerprint density at radius 2 is 1.50 bits per heavy atom. The number of urea groups is 1. The SMILES string of the molecule is O=C(Nc1ccc(C(F)(F)F)cc1)N1CCN(C(=O)c2cc(-c3ccccc3)nc3c(Cl)cccc23)CC1. The Morgan fingerprint density at radius 3 is 2.16 bits per heavy atom. The molecule has 10 heteroatoms. The molecule has 4 aromatic rings. The fourth-order valence-corrected chi connectivity index (χ4v) is 4.59. The number of carbonyl (C=O) groups is 2. The van der Waals surface area contributed by atoms with Crippen molar-refractivity contribution in [3.8, 4) is 11.3 Å². The number of benzene rings is 3. The molecular formula is C28H22ClF3N4O2. The summed E-state index contributed by atoms with van der Waals surface area (Å²) in [5, 5.41) is 3.70. The number of alkyl halides is 3. The van der Waals surface area contributed by atoms with Gasteiger partial charge >= 0.3 is 12.2 Å². The van der Waals surface area contributed by atoms with Crippen LogP contribution in [0, 0.1) is 0 Å². The van der Waals surface area contributed by atoms with Crippen LogP contribution in [0.2, 0.25) is 5.02 Å². The van der Waals surface area contributed by atoms with E-state index in [1.165, 1.54) is 17.0 Å². The molecule has 2 heterocycles. The fourth-order valence-electron chi connectivity index (χ4n) is 4.38. The third-order valence-corrected chi connectivity index (χ3v) is 6.71. The van der Waals surface area contributed by atoms with Crippen LogP contribution in [0.1, 0.15) is 15.9 Å². The van der Waals surface area contributed by atoms with Gasteiger partial charge in [-0.3, -0.25) is 4.79 Å². The van der Waals surface area contributed by atoms with E-state index in [-0.39, 0.29) is 24.7 Å². The molecule has 1 saturated heterocycles. The number of piperazine rings is 1. The Morgan fingerprint density at radius 1 is 0.842 bits per heavy atom. The average Bonchev–Trinajstić information content (AvgIpc) is 2.93. The molecule has 5 rings (SSSR count). The first-order valence-corrected chi connectivity index (χ1v) is 12.3. The van der Waals surface area contributed by atoms with Gasteiger partial charge in [-0.25, -0.2) is 9.78 Å².